The minimum atomic E-state index is -5.26. The summed E-state index contributed by atoms with van der Waals surface area (Å²) in [5, 5.41) is 15.2. The summed E-state index contributed by atoms with van der Waals surface area (Å²) in [5.74, 6) is 1.75. The van der Waals surface area contributed by atoms with E-state index in [-0.39, 0.29) is 12.4 Å². The van der Waals surface area contributed by atoms with Crippen LogP contribution in [0.15, 0.2) is 36.4 Å². The van der Waals surface area contributed by atoms with Gasteiger partial charge in [-0.05, 0) is 96.0 Å². The van der Waals surface area contributed by atoms with Gasteiger partial charge < -0.3 is 25.0 Å². The number of alkyl carbamates (subject to hydrolysis) is 1. The molecule has 11 nitrogen and oxygen atoms in total. The van der Waals surface area contributed by atoms with Gasteiger partial charge in [0.05, 0.1) is 20.1 Å². The minimum Gasteiger partial charge on any atom is -0.469 e. The zero-order valence-corrected chi connectivity index (χ0v) is 27.6. The standard InChI is InChI=1S/C33H40F3N5O6/c1-19(2)41(29(43)25(18-27(42)46-8)39-30(44)33(34,35)36)26-17-20(3)23(16-21(26)4)10-9-15-38-24-13-11-22(12-14-24)28(37)40-31(45)47-32(5,6)7/h11-14,16-17,19,25,38H,15,18H2,1-8H3,(H,39,44)(H2,37,40,45). The third-order valence-corrected chi connectivity index (χ3v) is 6.42. The maximum absolute atomic E-state index is 13.5. The molecule has 0 aliphatic heterocycles. The van der Waals surface area contributed by atoms with E-state index in [0.717, 1.165) is 12.8 Å². The van der Waals surface area contributed by atoms with E-state index in [1.54, 1.807) is 90.2 Å². The highest BCUT2D eigenvalue weighted by Crippen LogP contribution is 2.27. The zero-order valence-electron chi connectivity index (χ0n) is 27.6. The number of benzene rings is 2. The number of nitrogens with zero attached hydrogens (tertiary/aromatic N) is 1. The average molecular weight is 660 g/mol. The van der Waals surface area contributed by atoms with E-state index in [1.165, 1.54) is 4.90 Å². The first kappa shape index (κ1) is 38.1. The van der Waals surface area contributed by atoms with E-state index < -0.39 is 54.2 Å². The van der Waals surface area contributed by atoms with Crippen molar-refractivity contribution in [3.05, 3.63) is 58.7 Å². The highest BCUT2D eigenvalue weighted by Gasteiger charge is 2.42. The molecule has 0 saturated carbocycles. The van der Waals surface area contributed by atoms with Crippen molar-refractivity contribution in [2.24, 2.45) is 0 Å². The molecule has 0 bridgehead atoms. The van der Waals surface area contributed by atoms with E-state index in [2.05, 4.69) is 27.2 Å². The molecule has 0 spiro atoms. The summed E-state index contributed by atoms with van der Waals surface area (Å²) in [6, 6.07) is 7.83. The van der Waals surface area contributed by atoms with Gasteiger partial charge >= 0.3 is 24.1 Å². The van der Waals surface area contributed by atoms with Crippen LogP contribution in [0.25, 0.3) is 0 Å². The quantitative estimate of drug-likeness (QED) is 0.129. The van der Waals surface area contributed by atoms with Crippen LogP contribution in [0.3, 0.4) is 0 Å². The summed E-state index contributed by atoms with van der Waals surface area (Å²) in [4.78, 5) is 50.2. The monoisotopic (exact) mass is 659 g/mol. The summed E-state index contributed by atoms with van der Waals surface area (Å²) in [6.07, 6.45) is -6.77. The van der Waals surface area contributed by atoms with Crippen molar-refractivity contribution < 1.29 is 41.8 Å². The second-order valence-corrected chi connectivity index (χ2v) is 11.8. The number of esters is 1. The van der Waals surface area contributed by atoms with Crippen LogP contribution in [-0.4, -0.2) is 67.2 Å². The first-order valence-electron chi connectivity index (χ1n) is 14.5. The summed E-state index contributed by atoms with van der Waals surface area (Å²) in [5.41, 5.74) is 2.82. The Morgan fingerprint density at radius 2 is 1.62 bits per heavy atom. The maximum Gasteiger partial charge on any atom is 0.471 e. The van der Waals surface area contributed by atoms with Crippen LogP contribution >= 0.6 is 0 Å². The molecule has 47 heavy (non-hydrogen) atoms. The van der Waals surface area contributed by atoms with E-state index >= 15 is 0 Å². The Kier molecular flexibility index (Phi) is 13.0. The van der Waals surface area contributed by atoms with E-state index in [0.29, 0.717) is 27.9 Å². The molecule has 2 rings (SSSR count). The number of aryl methyl sites for hydroxylation is 2. The number of rotatable bonds is 9. The first-order valence-corrected chi connectivity index (χ1v) is 14.5. The van der Waals surface area contributed by atoms with Crippen LogP contribution in [0.1, 0.15) is 63.3 Å². The third-order valence-electron chi connectivity index (χ3n) is 6.42. The van der Waals surface area contributed by atoms with Crippen LogP contribution in [0.5, 0.6) is 0 Å². The van der Waals surface area contributed by atoms with Gasteiger partial charge in [-0.3, -0.25) is 25.1 Å². The van der Waals surface area contributed by atoms with Gasteiger partial charge in [-0.25, -0.2) is 4.79 Å². The Bertz CT molecular complexity index is 1550. The molecular formula is C33H40F3N5O6. The van der Waals surface area contributed by atoms with Gasteiger partial charge in [0.1, 0.15) is 17.5 Å². The summed E-state index contributed by atoms with van der Waals surface area (Å²) in [7, 11) is 1.02. The lowest BCUT2D eigenvalue weighted by Crippen LogP contribution is -2.54. The van der Waals surface area contributed by atoms with E-state index in [4.69, 9.17) is 10.1 Å². The number of hydrogen-bond donors (Lipinski definition) is 4. The van der Waals surface area contributed by atoms with Gasteiger partial charge in [-0.1, -0.05) is 11.8 Å². The molecule has 0 radical (unpaired) electrons. The van der Waals surface area contributed by atoms with Gasteiger partial charge in [0.15, 0.2) is 0 Å². The normalized spacial score (nSPS) is 11.8. The fourth-order valence-electron chi connectivity index (χ4n) is 4.22. The predicted octanol–water partition coefficient (Wildman–Crippen LogP) is 4.97. The largest absolute Gasteiger partial charge is 0.471 e. The Morgan fingerprint density at radius 1 is 1.00 bits per heavy atom. The van der Waals surface area contributed by atoms with Crippen LogP contribution < -0.4 is 20.9 Å². The number of halogens is 3. The SMILES string of the molecule is COC(=O)CC(NC(=O)C(F)(F)F)C(=O)N(c1cc(C)c(C#CCNc2ccc(C(=N)NC(=O)OC(C)(C)C)cc2)cc1C)C(C)C. The highest BCUT2D eigenvalue weighted by molar-refractivity contribution is 6.05. The lowest BCUT2D eigenvalue weighted by molar-refractivity contribution is -0.175. The second kappa shape index (κ2) is 16.0. The van der Waals surface area contributed by atoms with Crippen molar-refractivity contribution in [3.63, 3.8) is 0 Å². The van der Waals surface area contributed by atoms with Gasteiger partial charge in [0.25, 0.3) is 0 Å². The van der Waals surface area contributed by atoms with Gasteiger partial charge in [-0.2, -0.15) is 13.2 Å². The number of amidine groups is 1. The lowest BCUT2D eigenvalue weighted by Gasteiger charge is -2.32. The molecule has 0 aliphatic rings. The fraction of sp³-hybridized carbons (Fsp3) is 0.424. The number of alkyl halides is 3. The molecule has 0 aliphatic carbocycles. The summed E-state index contributed by atoms with van der Waals surface area (Å²) < 4.78 is 48.7. The smallest absolute Gasteiger partial charge is 0.469 e. The molecule has 1 unspecified atom stereocenters. The van der Waals surface area contributed by atoms with Crippen molar-refractivity contribution in [1.82, 2.24) is 10.6 Å². The number of amides is 3. The highest BCUT2D eigenvalue weighted by atomic mass is 19.4. The number of ether oxygens (including phenoxy) is 2. The molecule has 0 saturated heterocycles. The van der Waals surface area contributed by atoms with Crippen molar-refractivity contribution in [2.75, 3.05) is 23.9 Å². The number of nitrogens with one attached hydrogen (secondary N) is 4. The van der Waals surface area contributed by atoms with E-state index in [9.17, 15) is 32.3 Å². The first-order chi connectivity index (χ1) is 21.7. The number of carbonyl (C=O) groups is 4. The molecule has 14 heteroatoms. The Balaban J connectivity index is 2.18. The molecule has 4 N–H and O–H groups in total. The van der Waals surface area contributed by atoms with Crippen molar-refractivity contribution >= 4 is 41.1 Å². The molecule has 1 atom stereocenters. The predicted molar refractivity (Wildman–Crippen MR) is 171 cm³/mol. The number of hydrogen-bond acceptors (Lipinski definition) is 8. The topological polar surface area (TPSA) is 150 Å². The van der Waals surface area contributed by atoms with Gasteiger partial charge in [0, 0.05) is 28.5 Å². The van der Waals surface area contributed by atoms with Crippen molar-refractivity contribution in [1.29, 1.82) is 5.41 Å². The molecule has 2 aromatic carbocycles. The van der Waals surface area contributed by atoms with Gasteiger partial charge in [-0.15, -0.1) is 0 Å². The molecule has 254 valence electrons. The Morgan fingerprint density at radius 3 is 2.15 bits per heavy atom. The maximum atomic E-state index is 13.5. The molecule has 0 heterocycles. The molecule has 0 fully saturated rings. The zero-order chi connectivity index (χ0) is 35.7. The summed E-state index contributed by atoms with van der Waals surface area (Å²) in [6.45, 7) is 12.2. The van der Waals surface area contributed by atoms with Gasteiger partial charge in [0.2, 0.25) is 5.91 Å². The minimum absolute atomic E-state index is 0.109. The number of anilines is 2. The van der Waals surface area contributed by atoms with Crippen LogP contribution in [0.2, 0.25) is 0 Å². The third kappa shape index (κ3) is 11.7. The molecular weight excluding hydrogens is 619 g/mol. The fourth-order valence-corrected chi connectivity index (χ4v) is 4.22. The van der Waals surface area contributed by atoms with Crippen LogP contribution in [0.4, 0.5) is 29.3 Å². The Labute approximate surface area is 272 Å². The second-order valence-electron chi connectivity index (χ2n) is 11.8. The van der Waals surface area contributed by atoms with Crippen LogP contribution in [-0.2, 0) is 23.9 Å². The van der Waals surface area contributed by atoms with Crippen molar-refractivity contribution in [2.45, 2.75) is 78.7 Å². The lowest BCUT2D eigenvalue weighted by atomic mass is 10.0. The molecule has 2 aromatic rings. The van der Waals surface area contributed by atoms with E-state index in [1.807, 2.05) is 0 Å². The number of methoxy groups -OCH3 is 1. The Hall–Kier alpha value is -5.06. The average Bonchev–Trinajstić information content (AvgIpc) is 2.95. The van der Waals surface area contributed by atoms with Crippen molar-refractivity contribution in [3.8, 4) is 11.8 Å². The number of carbonyl (C=O) groups excluding carboxylic acids is 4. The van der Waals surface area contributed by atoms with Crippen LogP contribution in [0, 0.1) is 31.1 Å². The molecule has 0 aromatic heterocycles. The summed E-state index contributed by atoms with van der Waals surface area (Å²) >= 11 is 0. The molecule has 3 amide bonds.